The maximum absolute atomic E-state index is 13.4. The van der Waals surface area contributed by atoms with Crippen molar-refractivity contribution in [2.45, 2.75) is 55.4 Å². The largest absolute Gasteiger partial charge is 0.495 e. The van der Waals surface area contributed by atoms with Gasteiger partial charge in [0.25, 0.3) is 5.91 Å². The third kappa shape index (κ3) is 7.77. The maximum Gasteiger partial charge on any atom is 0.406 e. The number of carbonyl (C=O) groups is 1. The van der Waals surface area contributed by atoms with Crippen LogP contribution in [-0.2, 0) is 16.4 Å². The van der Waals surface area contributed by atoms with Gasteiger partial charge in [-0.1, -0.05) is 11.8 Å². The van der Waals surface area contributed by atoms with Crippen molar-refractivity contribution in [3.63, 3.8) is 0 Å². The molecule has 42 heavy (non-hydrogen) atoms. The first-order chi connectivity index (χ1) is 19.7. The van der Waals surface area contributed by atoms with Crippen LogP contribution < -0.4 is 15.4 Å². The van der Waals surface area contributed by atoms with E-state index in [9.17, 15) is 26.4 Å². The lowest BCUT2D eigenvalue weighted by Crippen LogP contribution is -2.41. The van der Waals surface area contributed by atoms with Crippen LogP contribution in [0.25, 0.3) is 10.9 Å². The van der Waals surface area contributed by atoms with E-state index in [2.05, 4.69) is 27.4 Å². The molecule has 1 aromatic heterocycles. The zero-order chi connectivity index (χ0) is 30.7. The predicted molar refractivity (Wildman–Crippen MR) is 157 cm³/mol. The number of anilines is 1. The van der Waals surface area contributed by atoms with Gasteiger partial charge in [0.15, 0.2) is 9.84 Å². The fraction of sp³-hybridized carbons (Fsp3) is 0.433. The number of benzene rings is 2. The summed E-state index contributed by atoms with van der Waals surface area (Å²) in [4.78, 5) is 15.7. The number of nitrogens with one attached hydrogen (secondary N) is 2. The molecule has 0 unspecified atom stereocenters. The van der Waals surface area contributed by atoms with Crippen molar-refractivity contribution in [3.05, 3.63) is 53.7 Å². The Hall–Kier alpha value is -3.69. The molecule has 1 saturated carbocycles. The molecule has 3 aromatic rings. The molecule has 2 N–H and O–H groups in total. The predicted octanol–water partition coefficient (Wildman–Crippen LogP) is 4.68. The van der Waals surface area contributed by atoms with Gasteiger partial charge in [0.2, 0.25) is 0 Å². The molecule has 226 valence electrons. The fourth-order valence-corrected chi connectivity index (χ4v) is 5.88. The number of hydrogen-bond acceptors (Lipinski definition) is 6. The Morgan fingerprint density at radius 2 is 1.83 bits per heavy atom. The van der Waals surface area contributed by atoms with Gasteiger partial charge in [-0.15, -0.1) is 0 Å². The highest BCUT2D eigenvalue weighted by atomic mass is 32.2. The summed E-state index contributed by atoms with van der Waals surface area (Å²) in [5.74, 6) is 5.93. The molecular formula is C30H35F3N4O4S. The summed E-state index contributed by atoms with van der Waals surface area (Å²) in [6.45, 7) is -1.11. The van der Waals surface area contributed by atoms with Gasteiger partial charge in [-0.3, -0.25) is 4.79 Å². The zero-order valence-corrected chi connectivity index (χ0v) is 24.8. The van der Waals surface area contributed by atoms with E-state index in [0.29, 0.717) is 28.4 Å². The van der Waals surface area contributed by atoms with Crippen molar-refractivity contribution in [1.29, 1.82) is 0 Å². The molecule has 0 spiro atoms. The number of amides is 1. The molecule has 2 aromatic carbocycles. The highest BCUT2D eigenvalue weighted by Gasteiger charge is 2.29. The molecule has 1 fully saturated rings. The standard InChI is InChI=1S/C30H35F3N4O4S/c1-36(2)22-9-7-21(8-10-22)35-29(38)25-16-20(17-27-24(25)13-15-37(27)19-30(31,32)33)6-5-14-34-26-18-23(42(4,39)40)11-12-28(26)41-3/h11-13,15-18,21-22,34H,7-10,14,19H2,1-4H3,(H,35,38). The molecule has 8 nitrogen and oxygen atoms in total. The van der Waals surface area contributed by atoms with Crippen molar-refractivity contribution >= 4 is 32.3 Å². The Morgan fingerprint density at radius 1 is 1.12 bits per heavy atom. The molecule has 0 saturated heterocycles. The Morgan fingerprint density at radius 3 is 2.45 bits per heavy atom. The van der Waals surface area contributed by atoms with Crippen molar-refractivity contribution in [3.8, 4) is 17.6 Å². The molecule has 4 rings (SSSR count). The van der Waals surface area contributed by atoms with E-state index in [4.69, 9.17) is 4.74 Å². The molecule has 1 heterocycles. The number of nitrogens with zero attached hydrogens (tertiary/aromatic N) is 2. The third-order valence-corrected chi connectivity index (χ3v) is 8.55. The van der Waals surface area contributed by atoms with Gasteiger partial charge < -0.3 is 24.8 Å². The number of fused-ring (bicyclic) bond motifs is 1. The Labute approximate surface area is 244 Å². The number of ether oxygens (including phenoxy) is 1. The number of rotatable bonds is 8. The second kappa shape index (κ2) is 12.7. The van der Waals surface area contributed by atoms with Gasteiger partial charge in [-0.05, 0) is 76.2 Å². The Bertz CT molecular complexity index is 1610. The fourth-order valence-electron chi connectivity index (χ4n) is 5.23. The summed E-state index contributed by atoms with van der Waals surface area (Å²) in [6.07, 6.45) is 1.54. The number of halogens is 3. The quantitative estimate of drug-likeness (QED) is 0.363. The molecular weight excluding hydrogens is 569 g/mol. The van der Waals surface area contributed by atoms with Gasteiger partial charge in [0, 0.05) is 41.0 Å². The lowest BCUT2D eigenvalue weighted by Gasteiger charge is -2.33. The van der Waals surface area contributed by atoms with E-state index in [1.165, 1.54) is 43.6 Å². The van der Waals surface area contributed by atoms with Crippen molar-refractivity contribution in [2.24, 2.45) is 0 Å². The molecule has 1 amide bonds. The minimum Gasteiger partial charge on any atom is -0.495 e. The van der Waals surface area contributed by atoms with Gasteiger partial charge in [-0.25, -0.2) is 8.42 Å². The smallest absolute Gasteiger partial charge is 0.406 e. The molecule has 0 radical (unpaired) electrons. The van der Waals surface area contributed by atoms with Crippen molar-refractivity contribution < 1.29 is 31.1 Å². The van der Waals surface area contributed by atoms with E-state index >= 15 is 0 Å². The van der Waals surface area contributed by atoms with Gasteiger partial charge in [0.1, 0.15) is 12.3 Å². The van der Waals surface area contributed by atoms with Gasteiger partial charge in [0.05, 0.1) is 29.8 Å². The summed E-state index contributed by atoms with van der Waals surface area (Å²) < 4.78 is 70.1. The summed E-state index contributed by atoms with van der Waals surface area (Å²) in [5.41, 5.74) is 1.33. The summed E-state index contributed by atoms with van der Waals surface area (Å²) in [6, 6.07) is 9.53. The number of methoxy groups -OCH3 is 1. The minimum absolute atomic E-state index is 0.0161. The first-order valence-corrected chi connectivity index (χ1v) is 15.4. The molecule has 0 bridgehead atoms. The summed E-state index contributed by atoms with van der Waals surface area (Å²) in [5, 5.41) is 6.52. The topological polar surface area (TPSA) is 92.7 Å². The average molecular weight is 605 g/mol. The van der Waals surface area contributed by atoms with E-state index < -0.39 is 22.6 Å². The number of aromatic nitrogens is 1. The number of sulfone groups is 1. The Kier molecular flexibility index (Phi) is 9.43. The lowest BCUT2D eigenvalue weighted by atomic mass is 9.90. The van der Waals surface area contributed by atoms with Crippen LogP contribution in [0.3, 0.4) is 0 Å². The second-order valence-corrected chi connectivity index (χ2v) is 12.8. The molecule has 1 aliphatic rings. The number of carbonyl (C=O) groups excluding carboxylic acids is 1. The van der Waals surface area contributed by atoms with Crippen LogP contribution in [0.4, 0.5) is 18.9 Å². The van der Waals surface area contributed by atoms with E-state index in [1.54, 1.807) is 6.07 Å². The first-order valence-electron chi connectivity index (χ1n) is 13.5. The molecule has 12 heteroatoms. The maximum atomic E-state index is 13.4. The van der Waals surface area contributed by atoms with Crippen LogP contribution in [0, 0.1) is 11.8 Å². The van der Waals surface area contributed by atoms with Crippen LogP contribution >= 0.6 is 0 Å². The van der Waals surface area contributed by atoms with E-state index in [-0.39, 0.29) is 34.5 Å². The first kappa shape index (κ1) is 31.3. The molecule has 0 aliphatic heterocycles. The summed E-state index contributed by atoms with van der Waals surface area (Å²) in [7, 11) is 2.09. The van der Waals surface area contributed by atoms with Crippen LogP contribution in [0.2, 0.25) is 0 Å². The highest BCUT2D eigenvalue weighted by Crippen LogP contribution is 2.29. The lowest BCUT2D eigenvalue weighted by molar-refractivity contribution is -0.139. The van der Waals surface area contributed by atoms with Crippen molar-refractivity contribution in [1.82, 2.24) is 14.8 Å². The van der Waals surface area contributed by atoms with Crippen LogP contribution in [0.1, 0.15) is 41.6 Å². The molecule has 1 aliphatic carbocycles. The van der Waals surface area contributed by atoms with E-state index in [1.807, 2.05) is 14.1 Å². The van der Waals surface area contributed by atoms with Crippen LogP contribution in [0.15, 0.2) is 47.5 Å². The normalized spacial score (nSPS) is 17.5. The monoisotopic (exact) mass is 604 g/mol. The molecule has 0 atom stereocenters. The van der Waals surface area contributed by atoms with Crippen molar-refractivity contribution in [2.75, 3.05) is 39.3 Å². The summed E-state index contributed by atoms with van der Waals surface area (Å²) >= 11 is 0. The number of hydrogen-bond donors (Lipinski definition) is 2. The SMILES string of the molecule is COc1ccc(S(C)(=O)=O)cc1NCC#Cc1cc(C(=O)NC2CCC(N(C)C)CC2)c2ccn(CC(F)(F)F)c2c1. The van der Waals surface area contributed by atoms with Gasteiger partial charge in [-0.2, -0.15) is 13.2 Å². The zero-order valence-electron chi connectivity index (χ0n) is 24.0. The number of alkyl halides is 3. The van der Waals surface area contributed by atoms with Gasteiger partial charge >= 0.3 is 6.18 Å². The third-order valence-electron chi connectivity index (χ3n) is 7.44. The second-order valence-electron chi connectivity index (χ2n) is 10.7. The van der Waals surface area contributed by atoms with Crippen LogP contribution in [0.5, 0.6) is 5.75 Å². The Balaban J connectivity index is 1.60. The van der Waals surface area contributed by atoms with E-state index in [0.717, 1.165) is 36.5 Å². The average Bonchev–Trinajstić information content (AvgIpc) is 3.31. The highest BCUT2D eigenvalue weighted by molar-refractivity contribution is 7.90. The minimum atomic E-state index is -4.44. The van der Waals surface area contributed by atoms with Crippen LogP contribution in [-0.4, -0.2) is 76.1 Å².